The Labute approximate surface area is 127 Å². The van der Waals surface area contributed by atoms with E-state index in [9.17, 15) is 0 Å². The molecule has 5 nitrogen and oxygen atoms in total. The number of rotatable bonds is 9. The van der Waals surface area contributed by atoms with E-state index in [4.69, 9.17) is 9.47 Å². The molecular formula is C16H27N3O2. The van der Waals surface area contributed by atoms with E-state index in [-0.39, 0.29) is 0 Å². The van der Waals surface area contributed by atoms with Crippen LogP contribution in [0.4, 0.5) is 0 Å². The number of hydrogen-bond donors (Lipinski definition) is 2. The van der Waals surface area contributed by atoms with Gasteiger partial charge >= 0.3 is 0 Å². The van der Waals surface area contributed by atoms with Crippen molar-refractivity contribution in [1.82, 2.24) is 10.6 Å². The molecular weight excluding hydrogens is 266 g/mol. The highest BCUT2D eigenvalue weighted by Crippen LogP contribution is 2.11. The second kappa shape index (κ2) is 11.0. The summed E-state index contributed by atoms with van der Waals surface area (Å²) in [6.07, 6.45) is 0. The molecule has 21 heavy (non-hydrogen) atoms. The second-order valence-corrected chi connectivity index (χ2v) is 4.55. The third-order valence-electron chi connectivity index (χ3n) is 2.71. The third kappa shape index (κ3) is 8.19. The van der Waals surface area contributed by atoms with Crippen LogP contribution in [0.15, 0.2) is 29.3 Å². The van der Waals surface area contributed by atoms with Gasteiger partial charge < -0.3 is 20.1 Å². The van der Waals surface area contributed by atoms with E-state index < -0.39 is 0 Å². The van der Waals surface area contributed by atoms with Gasteiger partial charge in [-0.15, -0.1) is 0 Å². The SMILES string of the molecule is CCNC(=NCCOCC)NCCOc1cccc(C)c1. The van der Waals surface area contributed by atoms with Crippen molar-refractivity contribution in [3.8, 4) is 5.75 Å². The number of nitrogens with one attached hydrogen (secondary N) is 2. The first-order valence-electron chi connectivity index (χ1n) is 7.55. The Balaban J connectivity index is 2.26. The fourth-order valence-corrected chi connectivity index (χ4v) is 1.75. The average Bonchev–Trinajstić information content (AvgIpc) is 2.48. The number of ether oxygens (including phenoxy) is 2. The highest BCUT2D eigenvalue weighted by atomic mass is 16.5. The predicted octanol–water partition coefficient (Wildman–Crippen LogP) is 1.97. The van der Waals surface area contributed by atoms with E-state index in [0.29, 0.717) is 26.3 Å². The van der Waals surface area contributed by atoms with Gasteiger partial charge in [0.2, 0.25) is 0 Å². The van der Waals surface area contributed by atoms with Crippen LogP contribution in [0.25, 0.3) is 0 Å². The predicted molar refractivity (Wildman–Crippen MR) is 87.1 cm³/mol. The quantitative estimate of drug-likeness (QED) is 0.415. The monoisotopic (exact) mass is 293 g/mol. The highest BCUT2D eigenvalue weighted by Gasteiger charge is 1.97. The van der Waals surface area contributed by atoms with Crippen LogP contribution in [0.2, 0.25) is 0 Å². The number of aryl methyl sites for hydroxylation is 1. The molecule has 0 saturated carbocycles. The van der Waals surface area contributed by atoms with Crippen LogP contribution in [0.3, 0.4) is 0 Å². The Bertz CT molecular complexity index is 422. The van der Waals surface area contributed by atoms with Crippen molar-refractivity contribution < 1.29 is 9.47 Å². The smallest absolute Gasteiger partial charge is 0.191 e. The lowest BCUT2D eigenvalue weighted by atomic mass is 10.2. The lowest BCUT2D eigenvalue weighted by Crippen LogP contribution is -2.39. The maximum atomic E-state index is 5.69. The fourth-order valence-electron chi connectivity index (χ4n) is 1.75. The zero-order valence-electron chi connectivity index (χ0n) is 13.3. The van der Waals surface area contributed by atoms with Crippen LogP contribution in [-0.2, 0) is 4.74 Å². The molecule has 0 unspecified atom stereocenters. The molecule has 0 amide bonds. The molecule has 5 heteroatoms. The van der Waals surface area contributed by atoms with Crippen molar-refractivity contribution in [2.24, 2.45) is 4.99 Å². The van der Waals surface area contributed by atoms with E-state index in [0.717, 1.165) is 24.9 Å². The minimum Gasteiger partial charge on any atom is -0.492 e. The highest BCUT2D eigenvalue weighted by molar-refractivity contribution is 5.79. The number of nitrogens with zero attached hydrogens (tertiary/aromatic N) is 1. The molecule has 0 aromatic heterocycles. The van der Waals surface area contributed by atoms with Gasteiger partial charge in [-0.1, -0.05) is 12.1 Å². The Morgan fingerprint density at radius 1 is 1.19 bits per heavy atom. The minimum atomic E-state index is 0.597. The third-order valence-corrected chi connectivity index (χ3v) is 2.71. The average molecular weight is 293 g/mol. The summed E-state index contributed by atoms with van der Waals surface area (Å²) in [4.78, 5) is 4.42. The maximum absolute atomic E-state index is 5.69. The molecule has 0 fully saturated rings. The van der Waals surface area contributed by atoms with Gasteiger partial charge in [0.1, 0.15) is 12.4 Å². The molecule has 1 aromatic carbocycles. The van der Waals surface area contributed by atoms with Gasteiger partial charge in [-0.05, 0) is 38.5 Å². The van der Waals surface area contributed by atoms with Gasteiger partial charge in [-0.3, -0.25) is 4.99 Å². The van der Waals surface area contributed by atoms with Crippen molar-refractivity contribution in [3.63, 3.8) is 0 Å². The molecule has 0 aliphatic heterocycles. The molecule has 0 aliphatic carbocycles. The number of hydrogen-bond acceptors (Lipinski definition) is 3. The molecule has 2 N–H and O–H groups in total. The largest absolute Gasteiger partial charge is 0.492 e. The molecule has 0 radical (unpaired) electrons. The van der Waals surface area contributed by atoms with Gasteiger partial charge in [0.25, 0.3) is 0 Å². The van der Waals surface area contributed by atoms with Gasteiger partial charge in [-0.2, -0.15) is 0 Å². The molecule has 0 aliphatic rings. The summed E-state index contributed by atoms with van der Waals surface area (Å²) in [5.74, 6) is 1.69. The summed E-state index contributed by atoms with van der Waals surface area (Å²) < 4.78 is 11.0. The van der Waals surface area contributed by atoms with E-state index in [2.05, 4.69) is 28.6 Å². The summed E-state index contributed by atoms with van der Waals surface area (Å²) in [5, 5.41) is 6.44. The minimum absolute atomic E-state index is 0.597. The number of benzene rings is 1. The first kappa shape index (κ1) is 17.3. The van der Waals surface area contributed by atoms with Crippen LogP contribution in [0, 0.1) is 6.92 Å². The number of aliphatic imine (C=N–C) groups is 1. The van der Waals surface area contributed by atoms with E-state index in [1.807, 2.05) is 32.0 Å². The van der Waals surface area contributed by atoms with Crippen molar-refractivity contribution in [1.29, 1.82) is 0 Å². The number of guanidine groups is 1. The second-order valence-electron chi connectivity index (χ2n) is 4.55. The van der Waals surface area contributed by atoms with Crippen LogP contribution >= 0.6 is 0 Å². The summed E-state index contributed by atoms with van der Waals surface area (Å²) in [6, 6.07) is 8.05. The molecule has 0 heterocycles. The van der Waals surface area contributed by atoms with Crippen molar-refractivity contribution in [2.45, 2.75) is 20.8 Å². The first-order chi connectivity index (χ1) is 10.3. The van der Waals surface area contributed by atoms with Crippen molar-refractivity contribution >= 4 is 5.96 Å². The van der Waals surface area contributed by atoms with E-state index >= 15 is 0 Å². The molecule has 0 saturated heterocycles. The maximum Gasteiger partial charge on any atom is 0.191 e. The standard InChI is InChI=1S/C16H27N3O2/c1-4-17-16(18-9-11-20-5-2)19-10-12-21-15-8-6-7-14(3)13-15/h6-8,13H,4-5,9-12H2,1-3H3,(H2,17,18,19). The zero-order chi connectivity index (χ0) is 15.3. The van der Waals surface area contributed by atoms with Crippen LogP contribution in [0.5, 0.6) is 5.75 Å². The van der Waals surface area contributed by atoms with Gasteiger partial charge in [0, 0.05) is 13.2 Å². The first-order valence-corrected chi connectivity index (χ1v) is 7.55. The van der Waals surface area contributed by atoms with Crippen LogP contribution in [0.1, 0.15) is 19.4 Å². The normalized spacial score (nSPS) is 11.3. The van der Waals surface area contributed by atoms with E-state index in [1.54, 1.807) is 0 Å². The van der Waals surface area contributed by atoms with Crippen LogP contribution in [-0.4, -0.2) is 45.4 Å². The van der Waals surface area contributed by atoms with E-state index in [1.165, 1.54) is 5.56 Å². The molecule has 0 spiro atoms. The molecule has 0 bridgehead atoms. The lowest BCUT2D eigenvalue weighted by molar-refractivity contribution is 0.155. The Morgan fingerprint density at radius 2 is 2.05 bits per heavy atom. The Morgan fingerprint density at radius 3 is 2.76 bits per heavy atom. The summed E-state index contributed by atoms with van der Waals surface area (Å²) in [7, 11) is 0. The Kier molecular flexibility index (Phi) is 9.04. The van der Waals surface area contributed by atoms with Gasteiger partial charge in [0.05, 0.1) is 19.7 Å². The fraction of sp³-hybridized carbons (Fsp3) is 0.562. The summed E-state index contributed by atoms with van der Waals surface area (Å²) >= 11 is 0. The molecule has 0 atom stereocenters. The topological polar surface area (TPSA) is 54.9 Å². The molecule has 118 valence electrons. The van der Waals surface area contributed by atoms with Crippen LogP contribution < -0.4 is 15.4 Å². The van der Waals surface area contributed by atoms with Crippen molar-refractivity contribution in [3.05, 3.63) is 29.8 Å². The van der Waals surface area contributed by atoms with Gasteiger partial charge in [0.15, 0.2) is 5.96 Å². The zero-order valence-corrected chi connectivity index (χ0v) is 13.3. The molecule has 1 rings (SSSR count). The Hall–Kier alpha value is -1.75. The summed E-state index contributed by atoms with van der Waals surface area (Å²) in [5.41, 5.74) is 1.20. The lowest BCUT2D eigenvalue weighted by Gasteiger charge is -2.12. The molecule has 1 aromatic rings. The van der Waals surface area contributed by atoms with Gasteiger partial charge in [-0.25, -0.2) is 0 Å². The van der Waals surface area contributed by atoms with Crippen molar-refractivity contribution in [2.75, 3.05) is 39.5 Å². The summed E-state index contributed by atoms with van der Waals surface area (Å²) in [6.45, 7) is 10.2.